The summed E-state index contributed by atoms with van der Waals surface area (Å²) >= 11 is 0. The maximum Gasteiger partial charge on any atom is 0.250 e. The van der Waals surface area contributed by atoms with Gasteiger partial charge in [0, 0.05) is 36.5 Å². The molecule has 2 aliphatic carbocycles. The molecule has 0 saturated heterocycles. The summed E-state index contributed by atoms with van der Waals surface area (Å²) in [6.45, 7) is 0. The summed E-state index contributed by atoms with van der Waals surface area (Å²) in [6, 6.07) is 6.01. The Balaban J connectivity index is 1.97. The molecule has 27 heavy (non-hydrogen) atoms. The van der Waals surface area contributed by atoms with Crippen molar-refractivity contribution in [2.45, 2.75) is 70.1 Å². The molecule has 0 unspecified atom stereocenters. The van der Waals surface area contributed by atoms with E-state index in [4.69, 9.17) is 4.98 Å². The number of hydrogen-bond acceptors (Lipinski definition) is 3. The predicted octanol–water partition coefficient (Wildman–Crippen LogP) is 4.64. The van der Waals surface area contributed by atoms with Crippen molar-refractivity contribution in [3.8, 4) is 17.2 Å². The van der Waals surface area contributed by atoms with Crippen LogP contribution in [0.2, 0.25) is 0 Å². The molecule has 0 aliphatic heterocycles. The Morgan fingerprint density at radius 2 is 1.81 bits per heavy atom. The molecule has 4 heteroatoms. The number of nitrogens with zero attached hydrogens (tertiary/aromatic N) is 3. The number of nitriles is 1. The maximum atomic E-state index is 11.9. The largest absolute Gasteiger partial charge is 0.318 e. The molecule has 140 valence electrons. The zero-order chi connectivity index (χ0) is 18.8. The third-order valence-electron chi connectivity index (χ3n) is 6.23. The summed E-state index contributed by atoms with van der Waals surface area (Å²) in [5.74, 6) is 0.397. The van der Waals surface area contributed by atoms with Gasteiger partial charge in [0.25, 0.3) is 0 Å². The predicted molar refractivity (Wildman–Crippen MR) is 107 cm³/mol. The fourth-order valence-corrected chi connectivity index (χ4v) is 4.78. The molecule has 0 radical (unpaired) electrons. The van der Waals surface area contributed by atoms with Crippen LogP contribution in [0.4, 0.5) is 0 Å². The van der Waals surface area contributed by atoms with Crippen LogP contribution >= 0.6 is 0 Å². The number of aryl methyl sites for hydroxylation is 2. The van der Waals surface area contributed by atoms with Crippen molar-refractivity contribution in [3.05, 3.63) is 51.2 Å². The smallest absolute Gasteiger partial charge is 0.250 e. The Kier molecular flexibility index (Phi) is 5.11. The summed E-state index contributed by atoms with van der Waals surface area (Å²) in [4.78, 5) is 17.0. The van der Waals surface area contributed by atoms with Crippen LogP contribution < -0.4 is 5.56 Å². The molecule has 0 bridgehead atoms. The Labute approximate surface area is 160 Å². The monoisotopic (exact) mass is 361 g/mol. The van der Waals surface area contributed by atoms with E-state index in [1.54, 1.807) is 17.7 Å². The van der Waals surface area contributed by atoms with Gasteiger partial charge in [0.1, 0.15) is 6.07 Å². The van der Waals surface area contributed by atoms with E-state index >= 15 is 0 Å². The zero-order valence-electron chi connectivity index (χ0n) is 16.1. The van der Waals surface area contributed by atoms with Gasteiger partial charge in [-0.05, 0) is 55.7 Å². The van der Waals surface area contributed by atoms with E-state index in [9.17, 15) is 10.1 Å². The van der Waals surface area contributed by atoms with Gasteiger partial charge in [-0.3, -0.25) is 9.78 Å². The molecule has 0 amide bonds. The summed E-state index contributed by atoms with van der Waals surface area (Å²) in [5.41, 5.74) is 6.19. The van der Waals surface area contributed by atoms with Crippen molar-refractivity contribution in [1.82, 2.24) is 9.55 Å². The summed E-state index contributed by atoms with van der Waals surface area (Å²) in [5, 5.41) is 10.1. The van der Waals surface area contributed by atoms with Crippen LogP contribution in [0.5, 0.6) is 0 Å². The fraction of sp³-hybridized carbons (Fsp3) is 0.522. The molecular formula is C23H27N3O. The second-order valence-corrected chi connectivity index (χ2v) is 8.05. The molecule has 0 N–H and O–H groups in total. The minimum atomic E-state index is -0.0232. The average Bonchev–Trinajstić information content (AvgIpc) is 2.94. The third kappa shape index (κ3) is 3.43. The Morgan fingerprint density at radius 1 is 1.07 bits per heavy atom. The normalized spacial score (nSPS) is 17.8. The Morgan fingerprint density at radius 3 is 2.56 bits per heavy atom. The highest BCUT2D eigenvalue weighted by Gasteiger charge is 2.27. The van der Waals surface area contributed by atoms with Gasteiger partial charge in [-0.15, -0.1) is 0 Å². The van der Waals surface area contributed by atoms with Crippen molar-refractivity contribution >= 4 is 0 Å². The molecule has 0 atom stereocenters. The summed E-state index contributed by atoms with van der Waals surface area (Å²) in [7, 11) is 1.78. The van der Waals surface area contributed by atoms with Gasteiger partial charge in [-0.1, -0.05) is 25.7 Å². The maximum absolute atomic E-state index is 11.9. The first-order chi connectivity index (χ1) is 13.2. The molecule has 2 aromatic heterocycles. The van der Waals surface area contributed by atoms with E-state index in [1.165, 1.54) is 43.4 Å². The van der Waals surface area contributed by atoms with E-state index in [-0.39, 0.29) is 5.56 Å². The van der Waals surface area contributed by atoms with Crippen LogP contribution in [-0.4, -0.2) is 9.55 Å². The lowest BCUT2D eigenvalue weighted by molar-refractivity contribution is 0.435. The summed E-state index contributed by atoms with van der Waals surface area (Å²) in [6.07, 6.45) is 13.4. The number of rotatable bonds is 2. The van der Waals surface area contributed by atoms with Gasteiger partial charge in [0.05, 0.1) is 11.3 Å². The highest BCUT2D eigenvalue weighted by molar-refractivity contribution is 5.75. The molecule has 0 spiro atoms. The molecule has 1 fully saturated rings. The second-order valence-electron chi connectivity index (χ2n) is 8.05. The number of pyridine rings is 2. The summed E-state index contributed by atoms with van der Waals surface area (Å²) < 4.78 is 1.61. The minimum absolute atomic E-state index is 0.0232. The lowest BCUT2D eigenvalue weighted by Crippen LogP contribution is -2.16. The van der Waals surface area contributed by atoms with Crippen molar-refractivity contribution in [3.63, 3.8) is 0 Å². The molecule has 2 heterocycles. The first-order valence-corrected chi connectivity index (χ1v) is 10.3. The van der Waals surface area contributed by atoms with Crippen molar-refractivity contribution < 1.29 is 0 Å². The SMILES string of the molecule is Cn1cc(-c2c(C#N)c(C3CCCCC3)nc3c2CCCCC3)ccc1=O. The number of hydrogen-bond donors (Lipinski definition) is 0. The molecule has 2 aromatic rings. The lowest BCUT2D eigenvalue weighted by Gasteiger charge is -2.25. The van der Waals surface area contributed by atoms with Crippen LogP contribution in [-0.2, 0) is 19.9 Å². The van der Waals surface area contributed by atoms with Gasteiger partial charge >= 0.3 is 0 Å². The van der Waals surface area contributed by atoms with Crippen molar-refractivity contribution in [2.24, 2.45) is 7.05 Å². The van der Waals surface area contributed by atoms with Crippen LogP contribution in [0.15, 0.2) is 23.1 Å². The van der Waals surface area contributed by atoms with E-state index in [0.717, 1.165) is 54.5 Å². The first kappa shape index (κ1) is 18.0. The Hall–Kier alpha value is -2.41. The van der Waals surface area contributed by atoms with Gasteiger partial charge in [-0.25, -0.2) is 0 Å². The van der Waals surface area contributed by atoms with Crippen LogP contribution in [0.3, 0.4) is 0 Å². The van der Waals surface area contributed by atoms with Crippen molar-refractivity contribution in [2.75, 3.05) is 0 Å². The van der Waals surface area contributed by atoms with Gasteiger partial charge < -0.3 is 4.57 Å². The number of aromatic nitrogens is 2. The Bertz CT molecular complexity index is 945. The lowest BCUT2D eigenvalue weighted by atomic mass is 9.82. The topological polar surface area (TPSA) is 58.7 Å². The molecule has 2 aliphatic rings. The van der Waals surface area contributed by atoms with Crippen LogP contribution in [0.25, 0.3) is 11.1 Å². The molecule has 0 aromatic carbocycles. The zero-order valence-corrected chi connectivity index (χ0v) is 16.1. The molecule has 4 rings (SSSR count). The third-order valence-corrected chi connectivity index (χ3v) is 6.23. The fourth-order valence-electron chi connectivity index (χ4n) is 4.78. The molecule has 4 nitrogen and oxygen atoms in total. The van der Waals surface area contributed by atoms with E-state index in [0.29, 0.717) is 5.92 Å². The van der Waals surface area contributed by atoms with Crippen LogP contribution in [0.1, 0.15) is 79.8 Å². The average molecular weight is 361 g/mol. The second kappa shape index (κ2) is 7.68. The highest BCUT2D eigenvalue weighted by atomic mass is 16.1. The van der Waals surface area contributed by atoms with E-state index in [1.807, 2.05) is 12.3 Å². The van der Waals surface area contributed by atoms with Gasteiger partial charge in [0.2, 0.25) is 5.56 Å². The highest BCUT2D eigenvalue weighted by Crippen LogP contribution is 2.40. The van der Waals surface area contributed by atoms with Gasteiger partial charge in [-0.2, -0.15) is 5.26 Å². The van der Waals surface area contributed by atoms with E-state index < -0.39 is 0 Å². The molecular weight excluding hydrogens is 334 g/mol. The van der Waals surface area contributed by atoms with Crippen molar-refractivity contribution in [1.29, 1.82) is 5.26 Å². The van der Waals surface area contributed by atoms with Gasteiger partial charge in [0.15, 0.2) is 0 Å². The minimum Gasteiger partial charge on any atom is -0.318 e. The number of fused-ring (bicyclic) bond motifs is 1. The standard InChI is InChI=1S/C23H27N3O/c1-26-15-17(12-13-21(26)27)22-18-10-6-3-7-11-20(18)25-23(19(22)14-24)16-8-4-2-5-9-16/h12-13,15-16H,2-11H2,1H3. The molecule has 1 saturated carbocycles. The quantitative estimate of drug-likeness (QED) is 0.733. The van der Waals surface area contributed by atoms with Crippen LogP contribution in [0, 0.1) is 11.3 Å². The first-order valence-electron chi connectivity index (χ1n) is 10.3. The van der Waals surface area contributed by atoms with E-state index in [2.05, 4.69) is 6.07 Å².